The second kappa shape index (κ2) is 9.01. The molecule has 0 fully saturated rings. The highest BCUT2D eigenvalue weighted by Gasteiger charge is 2.67. The second-order valence-electron chi connectivity index (χ2n) is 7.57. The van der Waals surface area contributed by atoms with E-state index >= 15 is 0 Å². The number of benzene rings is 3. The van der Waals surface area contributed by atoms with Gasteiger partial charge in [-0.25, -0.2) is 4.99 Å². The second-order valence-corrected chi connectivity index (χ2v) is 7.57. The third-order valence-corrected chi connectivity index (χ3v) is 5.36. The predicted molar refractivity (Wildman–Crippen MR) is 119 cm³/mol. The number of ether oxygens (including phenoxy) is 1. The third-order valence-electron chi connectivity index (χ3n) is 5.36. The Kier molecular flexibility index (Phi) is 6.10. The van der Waals surface area contributed by atoms with Gasteiger partial charge < -0.3 is 10.1 Å². The molecule has 0 bridgehead atoms. The minimum Gasteiger partial charge on any atom is -0.497 e. The summed E-state index contributed by atoms with van der Waals surface area (Å²) in [6.45, 7) is -0.185. The maximum atomic E-state index is 14.5. The van der Waals surface area contributed by atoms with Crippen molar-refractivity contribution in [3.63, 3.8) is 0 Å². The first-order valence-electron chi connectivity index (χ1n) is 10.3. The van der Waals surface area contributed by atoms with Crippen molar-refractivity contribution in [1.82, 2.24) is 10.2 Å². The first-order valence-corrected chi connectivity index (χ1v) is 10.3. The predicted octanol–water partition coefficient (Wildman–Crippen LogP) is 4.17. The van der Waals surface area contributed by atoms with E-state index in [2.05, 4.69) is 4.99 Å². The summed E-state index contributed by atoms with van der Waals surface area (Å²) in [6.07, 6.45) is -5.19. The first-order chi connectivity index (χ1) is 16.2. The molecule has 3 aromatic carbocycles. The van der Waals surface area contributed by atoms with E-state index in [-0.39, 0.29) is 17.9 Å². The summed E-state index contributed by atoms with van der Waals surface area (Å²) in [4.78, 5) is 30.9. The van der Waals surface area contributed by atoms with Gasteiger partial charge in [-0.15, -0.1) is 0 Å². The van der Waals surface area contributed by atoms with Crippen LogP contribution in [0.4, 0.5) is 13.2 Å². The van der Waals surface area contributed by atoms with Crippen LogP contribution in [-0.4, -0.2) is 41.5 Å². The lowest BCUT2D eigenvalue weighted by molar-refractivity contribution is -0.196. The molecule has 1 N–H and O–H groups in total. The van der Waals surface area contributed by atoms with E-state index in [9.17, 15) is 22.8 Å². The fourth-order valence-corrected chi connectivity index (χ4v) is 3.59. The Bertz CT molecular complexity index is 1210. The van der Waals surface area contributed by atoms with Crippen LogP contribution in [-0.2, 0) is 11.3 Å². The number of halogens is 3. The molecule has 3 aromatic rings. The van der Waals surface area contributed by atoms with E-state index in [1.54, 1.807) is 60.7 Å². The Morgan fingerprint density at radius 2 is 1.56 bits per heavy atom. The quantitative estimate of drug-likeness (QED) is 0.592. The van der Waals surface area contributed by atoms with Gasteiger partial charge in [0.25, 0.3) is 11.8 Å². The molecule has 0 unspecified atom stereocenters. The number of alkyl halides is 3. The smallest absolute Gasteiger partial charge is 0.442 e. The molecular weight excluding hydrogens is 447 g/mol. The Morgan fingerprint density at radius 3 is 2.12 bits per heavy atom. The number of amides is 2. The molecule has 6 nitrogen and oxygen atoms in total. The van der Waals surface area contributed by atoms with E-state index in [0.29, 0.717) is 16.9 Å². The van der Waals surface area contributed by atoms with Crippen LogP contribution in [0.15, 0.2) is 89.9 Å². The van der Waals surface area contributed by atoms with Crippen molar-refractivity contribution >= 4 is 17.6 Å². The van der Waals surface area contributed by atoms with Crippen LogP contribution in [0.5, 0.6) is 5.75 Å². The van der Waals surface area contributed by atoms with Crippen molar-refractivity contribution in [2.24, 2.45) is 4.99 Å². The lowest BCUT2D eigenvalue weighted by Gasteiger charge is -2.29. The summed E-state index contributed by atoms with van der Waals surface area (Å²) >= 11 is 0. The van der Waals surface area contributed by atoms with Gasteiger partial charge >= 0.3 is 11.8 Å². The topological polar surface area (TPSA) is 71.0 Å². The van der Waals surface area contributed by atoms with Crippen molar-refractivity contribution in [2.45, 2.75) is 18.4 Å². The van der Waals surface area contributed by atoms with Crippen LogP contribution in [0.2, 0.25) is 0 Å². The van der Waals surface area contributed by atoms with Crippen LogP contribution in [0.25, 0.3) is 0 Å². The molecule has 0 aromatic heterocycles. The zero-order valence-corrected chi connectivity index (χ0v) is 18.0. The zero-order chi connectivity index (χ0) is 24.3. The van der Waals surface area contributed by atoms with Gasteiger partial charge in [-0.2, -0.15) is 13.2 Å². The number of methoxy groups -OCH3 is 1. The highest BCUT2D eigenvalue weighted by atomic mass is 19.4. The van der Waals surface area contributed by atoms with Crippen molar-refractivity contribution in [3.8, 4) is 5.75 Å². The summed E-state index contributed by atoms with van der Waals surface area (Å²) in [5.74, 6) is -2.08. The Balaban J connectivity index is 1.78. The van der Waals surface area contributed by atoms with Crippen LogP contribution >= 0.6 is 0 Å². The van der Waals surface area contributed by atoms with Gasteiger partial charge in [-0.05, 0) is 29.8 Å². The van der Waals surface area contributed by atoms with Gasteiger partial charge in [0.15, 0.2) is 0 Å². The van der Waals surface area contributed by atoms with Gasteiger partial charge in [0.1, 0.15) is 11.6 Å². The standard InChI is InChI=1S/C25H20F3N3O3/c1-34-20-14-12-17(13-15-20)16-31-21(18-8-4-2-5-9-18)29-24(23(31)33,25(26,27)28)30-22(32)19-10-6-3-7-11-19/h2-15H,16H2,1H3,(H,30,32)/t24-/m1/s1. The molecule has 1 atom stereocenters. The molecule has 4 rings (SSSR count). The minimum absolute atomic E-state index is 0.0241. The molecular formula is C25H20F3N3O3. The molecule has 0 saturated carbocycles. The normalized spacial score (nSPS) is 17.9. The van der Waals surface area contributed by atoms with E-state index in [4.69, 9.17) is 4.74 Å². The molecule has 0 saturated heterocycles. The number of carbonyl (C=O) groups excluding carboxylic acids is 2. The Morgan fingerprint density at radius 1 is 0.971 bits per heavy atom. The van der Waals surface area contributed by atoms with Crippen LogP contribution in [0.3, 0.4) is 0 Å². The summed E-state index contributed by atoms with van der Waals surface area (Å²) in [7, 11) is 1.49. The number of hydrogen-bond donors (Lipinski definition) is 1. The van der Waals surface area contributed by atoms with Crippen molar-refractivity contribution in [2.75, 3.05) is 7.11 Å². The van der Waals surface area contributed by atoms with Gasteiger partial charge in [0, 0.05) is 11.1 Å². The molecule has 9 heteroatoms. The highest BCUT2D eigenvalue weighted by molar-refractivity contribution is 6.16. The van der Waals surface area contributed by atoms with E-state index in [1.165, 1.54) is 31.4 Å². The van der Waals surface area contributed by atoms with Gasteiger partial charge in [-0.3, -0.25) is 14.5 Å². The monoisotopic (exact) mass is 467 g/mol. The SMILES string of the molecule is COc1ccc(CN2C(=O)[C@@](NC(=O)c3ccccc3)(C(F)(F)F)N=C2c2ccccc2)cc1. The Hall–Kier alpha value is -4.14. The van der Waals surface area contributed by atoms with Crippen LogP contribution in [0, 0.1) is 0 Å². The zero-order valence-electron chi connectivity index (χ0n) is 18.0. The molecule has 1 aliphatic rings. The van der Waals surface area contributed by atoms with E-state index < -0.39 is 23.7 Å². The summed E-state index contributed by atoms with van der Waals surface area (Å²) in [5, 5.41) is 1.87. The molecule has 174 valence electrons. The van der Waals surface area contributed by atoms with E-state index in [0.717, 1.165) is 4.90 Å². The highest BCUT2D eigenvalue weighted by Crippen LogP contribution is 2.39. The first kappa shape index (κ1) is 23.0. The maximum Gasteiger partial charge on any atom is 0.442 e. The summed E-state index contributed by atoms with van der Waals surface area (Å²) in [5.41, 5.74) is -2.61. The number of carbonyl (C=O) groups is 2. The molecule has 2 amide bonds. The molecule has 1 heterocycles. The largest absolute Gasteiger partial charge is 0.497 e. The Labute approximate surface area is 193 Å². The number of nitrogens with zero attached hydrogens (tertiary/aromatic N) is 2. The van der Waals surface area contributed by atoms with Gasteiger partial charge in [-0.1, -0.05) is 60.7 Å². The number of nitrogens with one attached hydrogen (secondary N) is 1. The fraction of sp³-hybridized carbons (Fsp3) is 0.160. The molecule has 0 aliphatic carbocycles. The maximum absolute atomic E-state index is 14.5. The third kappa shape index (κ3) is 4.24. The molecule has 0 spiro atoms. The van der Waals surface area contributed by atoms with Gasteiger partial charge in [0.2, 0.25) is 0 Å². The molecule has 1 aliphatic heterocycles. The average Bonchev–Trinajstić information content (AvgIpc) is 3.13. The fourth-order valence-electron chi connectivity index (χ4n) is 3.59. The lowest BCUT2D eigenvalue weighted by Crippen LogP contribution is -2.63. The van der Waals surface area contributed by atoms with Crippen LogP contribution < -0.4 is 10.1 Å². The van der Waals surface area contributed by atoms with Crippen molar-refractivity contribution < 1.29 is 27.5 Å². The minimum atomic E-state index is -5.19. The van der Waals surface area contributed by atoms with Crippen molar-refractivity contribution in [3.05, 3.63) is 102 Å². The van der Waals surface area contributed by atoms with Crippen molar-refractivity contribution in [1.29, 1.82) is 0 Å². The van der Waals surface area contributed by atoms with Gasteiger partial charge in [0.05, 0.1) is 13.7 Å². The number of rotatable bonds is 6. The van der Waals surface area contributed by atoms with E-state index in [1.807, 2.05) is 5.32 Å². The molecule has 34 heavy (non-hydrogen) atoms. The summed E-state index contributed by atoms with van der Waals surface area (Å²) in [6, 6.07) is 22.0. The number of amidine groups is 1. The summed E-state index contributed by atoms with van der Waals surface area (Å²) < 4.78 is 48.5. The number of hydrogen-bond acceptors (Lipinski definition) is 4. The number of aliphatic imine (C=N–C) groups is 1. The average molecular weight is 467 g/mol. The molecule has 0 radical (unpaired) electrons. The van der Waals surface area contributed by atoms with Crippen LogP contribution in [0.1, 0.15) is 21.5 Å². The lowest BCUT2D eigenvalue weighted by atomic mass is 10.1.